The molecule has 2 aromatic carbocycles. The zero-order valence-electron chi connectivity index (χ0n) is 21.3. The van der Waals surface area contributed by atoms with E-state index < -0.39 is 11.2 Å². The summed E-state index contributed by atoms with van der Waals surface area (Å²) in [6.45, 7) is 3.67. The van der Waals surface area contributed by atoms with Crippen molar-refractivity contribution in [2.45, 2.75) is 13.1 Å². The molecule has 192 valence electrons. The van der Waals surface area contributed by atoms with Gasteiger partial charge in [0, 0.05) is 51.5 Å². The van der Waals surface area contributed by atoms with Gasteiger partial charge in [-0.05, 0) is 24.3 Å². The molecule has 0 saturated carbocycles. The number of anilines is 1. The number of nitrogens with zero attached hydrogens (tertiary/aromatic N) is 6. The normalized spacial score (nSPS) is 14.3. The van der Waals surface area contributed by atoms with Crippen molar-refractivity contribution in [2.24, 2.45) is 14.1 Å². The summed E-state index contributed by atoms with van der Waals surface area (Å²) < 4.78 is 9.37. The van der Waals surface area contributed by atoms with Crippen molar-refractivity contribution >= 4 is 22.6 Å². The van der Waals surface area contributed by atoms with E-state index in [0.29, 0.717) is 23.6 Å². The van der Waals surface area contributed by atoms with Gasteiger partial charge in [-0.1, -0.05) is 30.3 Å². The number of carbonyl (C=O) groups excluding carboxylic acids is 1. The van der Waals surface area contributed by atoms with E-state index in [1.165, 1.54) is 11.6 Å². The van der Waals surface area contributed by atoms with E-state index in [1.54, 1.807) is 30.9 Å². The van der Waals surface area contributed by atoms with Gasteiger partial charge in [0.1, 0.15) is 11.6 Å². The van der Waals surface area contributed by atoms with Crippen molar-refractivity contribution < 1.29 is 9.53 Å². The van der Waals surface area contributed by atoms with E-state index in [0.717, 1.165) is 42.2 Å². The number of rotatable bonds is 7. The second-order valence-corrected chi connectivity index (χ2v) is 9.24. The van der Waals surface area contributed by atoms with Crippen molar-refractivity contribution in [1.82, 2.24) is 23.6 Å². The Labute approximate surface area is 213 Å². The average Bonchev–Trinajstić information content (AvgIpc) is 3.29. The minimum atomic E-state index is -0.456. The Kier molecular flexibility index (Phi) is 6.66. The monoisotopic (exact) mass is 502 g/mol. The lowest BCUT2D eigenvalue weighted by Gasteiger charge is -2.36. The number of imidazole rings is 1. The summed E-state index contributed by atoms with van der Waals surface area (Å²) in [5, 5.41) is 0. The largest absolute Gasteiger partial charge is 0.497 e. The van der Waals surface area contributed by atoms with Crippen molar-refractivity contribution in [1.29, 1.82) is 0 Å². The van der Waals surface area contributed by atoms with Crippen LogP contribution in [0, 0.1) is 0 Å². The first-order chi connectivity index (χ1) is 17.9. The maximum atomic E-state index is 13.1. The molecule has 1 aliphatic rings. The minimum absolute atomic E-state index is 0.0326. The second kappa shape index (κ2) is 10.1. The molecule has 0 amide bonds. The van der Waals surface area contributed by atoms with Crippen LogP contribution < -0.4 is 20.9 Å². The van der Waals surface area contributed by atoms with Crippen LogP contribution in [0.3, 0.4) is 0 Å². The number of carbonyl (C=O) groups is 1. The fourth-order valence-corrected chi connectivity index (χ4v) is 4.80. The van der Waals surface area contributed by atoms with Crippen LogP contribution >= 0.6 is 0 Å². The molecule has 4 aromatic rings. The summed E-state index contributed by atoms with van der Waals surface area (Å²) in [4.78, 5) is 48.1. The zero-order valence-corrected chi connectivity index (χ0v) is 21.3. The number of aryl methyl sites for hydroxylation is 1. The van der Waals surface area contributed by atoms with Crippen LogP contribution in [0.5, 0.6) is 5.75 Å². The predicted octanol–water partition coefficient (Wildman–Crippen LogP) is 1.65. The topological polar surface area (TPSA) is 94.6 Å². The highest BCUT2D eigenvalue weighted by atomic mass is 16.5. The number of piperazine rings is 1. The molecule has 10 nitrogen and oxygen atoms in total. The Balaban J connectivity index is 1.43. The second-order valence-electron chi connectivity index (χ2n) is 9.24. The van der Waals surface area contributed by atoms with Crippen molar-refractivity contribution in [3.8, 4) is 5.75 Å². The summed E-state index contributed by atoms with van der Waals surface area (Å²) in [5.74, 6) is 1.30. The van der Waals surface area contributed by atoms with Gasteiger partial charge < -0.3 is 14.2 Å². The summed E-state index contributed by atoms with van der Waals surface area (Å²) in [6.07, 6.45) is 0. The number of hydrogen-bond acceptors (Lipinski definition) is 7. The highest BCUT2D eigenvalue weighted by Gasteiger charge is 2.24. The van der Waals surface area contributed by atoms with Gasteiger partial charge in [0.05, 0.1) is 20.2 Å². The standard InChI is InChI=1S/C27H30N6O4/c1-29-25-24(26(35)30(2)27(29)36)33(17-22(34)19-7-5-4-6-8-19)23(28-25)18-31-13-15-32(16-14-31)20-9-11-21(37-3)12-10-20/h4-12H,13-18H2,1-3H3. The Hall–Kier alpha value is -4.18. The van der Waals surface area contributed by atoms with Crippen LogP contribution in [0.4, 0.5) is 5.69 Å². The number of Topliss-reactive ketones (excluding diaryl/α,β-unsaturated/α-hetero) is 1. The quantitative estimate of drug-likeness (QED) is 0.355. The first kappa shape index (κ1) is 24.5. The number of fused-ring (bicyclic) bond motifs is 1. The Bertz CT molecular complexity index is 1540. The minimum Gasteiger partial charge on any atom is -0.497 e. The maximum absolute atomic E-state index is 13.1. The third-order valence-electron chi connectivity index (χ3n) is 7.00. The first-order valence-corrected chi connectivity index (χ1v) is 12.2. The third kappa shape index (κ3) is 4.67. The van der Waals surface area contributed by atoms with E-state index in [9.17, 15) is 14.4 Å². The smallest absolute Gasteiger partial charge is 0.332 e. The van der Waals surface area contributed by atoms with Crippen LogP contribution in [-0.4, -0.2) is 62.7 Å². The van der Waals surface area contributed by atoms with Gasteiger partial charge in [-0.3, -0.25) is 23.6 Å². The number of ether oxygens (including phenoxy) is 1. The Morgan fingerprint density at radius 2 is 1.59 bits per heavy atom. The molecule has 3 heterocycles. The van der Waals surface area contributed by atoms with Gasteiger partial charge in [-0.15, -0.1) is 0 Å². The highest BCUT2D eigenvalue weighted by Crippen LogP contribution is 2.22. The SMILES string of the molecule is COc1ccc(N2CCN(Cc3nc4c(c(=O)n(C)c(=O)n4C)n3CC(=O)c3ccccc3)CC2)cc1. The molecule has 0 aliphatic carbocycles. The van der Waals surface area contributed by atoms with Gasteiger partial charge in [0.25, 0.3) is 5.56 Å². The van der Waals surface area contributed by atoms with E-state index in [2.05, 4.69) is 21.9 Å². The molecule has 37 heavy (non-hydrogen) atoms. The molecule has 0 radical (unpaired) electrons. The van der Waals surface area contributed by atoms with Gasteiger partial charge >= 0.3 is 5.69 Å². The van der Waals surface area contributed by atoms with Gasteiger partial charge in [-0.2, -0.15) is 0 Å². The average molecular weight is 503 g/mol. The van der Waals surface area contributed by atoms with Gasteiger partial charge in [0.2, 0.25) is 0 Å². The molecule has 10 heteroatoms. The molecule has 2 aromatic heterocycles. The van der Waals surface area contributed by atoms with Gasteiger partial charge in [0.15, 0.2) is 16.9 Å². The molecule has 1 saturated heterocycles. The lowest BCUT2D eigenvalue weighted by molar-refractivity contribution is 0.0971. The lowest BCUT2D eigenvalue weighted by atomic mass is 10.1. The first-order valence-electron chi connectivity index (χ1n) is 12.2. The number of benzene rings is 2. The summed E-state index contributed by atoms with van der Waals surface area (Å²) in [5.41, 5.74) is 1.35. The summed E-state index contributed by atoms with van der Waals surface area (Å²) >= 11 is 0. The third-order valence-corrected chi connectivity index (χ3v) is 7.00. The zero-order chi connectivity index (χ0) is 26.1. The Morgan fingerprint density at radius 1 is 0.919 bits per heavy atom. The summed E-state index contributed by atoms with van der Waals surface area (Å²) in [6, 6.07) is 17.0. The Morgan fingerprint density at radius 3 is 2.24 bits per heavy atom. The van der Waals surface area contributed by atoms with Crippen molar-refractivity contribution in [3.63, 3.8) is 0 Å². The molecule has 5 rings (SSSR count). The molecule has 0 N–H and O–H groups in total. The molecule has 1 aliphatic heterocycles. The van der Waals surface area contributed by atoms with Gasteiger partial charge in [-0.25, -0.2) is 9.78 Å². The fraction of sp³-hybridized carbons (Fsp3) is 0.333. The predicted molar refractivity (Wildman–Crippen MR) is 141 cm³/mol. The maximum Gasteiger partial charge on any atom is 0.332 e. The number of hydrogen-bond donors (Lipinski definition) is 0. The van der Waals surface area contributed by atoms with E-state index in [4.69, 9.17) is 9.72 Å². The molecule has 0 spiro atoms. The van der Waals surface area contributed by atoms with Crippen LogP contribution in [0.15, 0.2) is 64.2 Å². The summed E-state index contributed by atoms with van der Waals surface area (Å²) in [7, 11) is 4.69. The van der Waals surface area contributed by atoms with E-state index >= 15 is 0 Å². The molecule has 0 unspecified atom stereocenters. The molecule has 0 bridgehead atoms. The molecule has 0 atom stereocenters. The van der Waals surface area contributed by atoms with Crippen LogP contribution in [-0.2, 0) is 27.2 Å². The van der Waals surface area contributed by atoms with Crippen LogP contribution in [0.25, 0.3) is 11.2 Å². The lowest BCUT2D eigenvalue weighted by Crippen LogP contribution is -2.46. The van der Waals surface area contributed by atoms with Crippen LogP contribution in [0.1, 0.15) is 16.2 Å². The molecular formula is C27H30N6O4. The molecule has 1 fully saturated rings. The molecular weight excluding hydrogens is 472 g/mol. The van der Waals surface area contributed by atoms with Crippen LogP contribution in [0.2, 0.25) is 0 Å². The van der Waals surface area contributed by atoms with Crippen molar-refractivity contribution in [3.05, 3.63) is 86.8 Å². The number of methoxy groups -OCH3 is 1. The fourth-order valence-electron chi connectivity index (χ4n) is 4.80. The number of aromatic nitrogens is 4. The number of ketones is 1. The van der Waals surface area contributed by atoms with E-state index in [1.807, 2.05) is 30.3 Å². The van der Waals surface area contributed by atoms with Crippen molar-refractivity contribution in [2.75, 3.05) is 38.2 Å². The van der Waals surface area contributed by atoms with E-state index in [-0.39, 0.29) is 17.8 Å². The highest BCUT2D eigenvalue weighted by molar-refractivity contribution is 5.96.